The van der Waals surface area contributed by atoms with Crippen LogP contribution < -0.4 is 4.74 Å². The monoisotopic (exact) mass is 715 g/mol. The number of aromatic nitrogens is 3. The first kappa shape index (κ1) is 32.0. The van der Waals surface area contributed by atoms with Crippen LogP contribution in [0.2, 0.25) is 0 Å². The van der Waals surface area contributed by atoms with E-state index in [0.717, 1.165) is 61.6 Å². The third kappa shape index (κ3) is 4.96. The molecule has 0 amide bonds. The minimum absolute atomic E-state index is 0.535. The Morgan fingerprint density at radius 1 is 0.304 bits per heavy atom. The lowest BCUT2D eigenvalue weighted by Crippen LogP contribution is -2.32. The number of nitrogens with zero attached hydrogens (tertiary/aromatic N) is 3. The van der Waals surface area contributed by atoms with Gasteiger partial charge in [-0.3, -0.25) is 0 Å². The summed E-state index contributed by atoms with van der Waals surface area (Å²) in [5, 5.41) is 0. The van der Waals surface area contributed by atoms with Gasteiger partial charge in [0.25, 0.3) is 0 Å². The molecule has 2 aliphatic rings. The van der Waals surface area contributed by atoms with Crippen molar-refractivity contribution >= 4 is 0 Å². The lowest BCUT2D eigenvalue weighted by molar-refractivity contribution is 0.438. The molecule has 0 saturated heterocycles. The van der Waals surface area contributed by atoms with Gasteiger partial charge < -0.3 is 4.74 Å². The molecule has 8 aromatic carbocycles. The van der Waals surface area contributed by atoms with Gasteiger partial charge >= 0.3 is 0 Å². The molecule has 4 heteroatoms. The molecule has 1 aliphatic carbocycles. The first-order valence-corrected chi connectivity index (χ1v) is 18.9. The van der Waals surface area contributed by atoms with E-state index in [4.69, 9.17) is 19.7 Å². The van der Waals surface area contributed by atoms with E-state index in [1.165, 1.54) is 22.3 Å². The Bertz CT molecular complexity index is 2910. The Balaban J connectivity index is 1.08. The zero-order valence-electron chi connectivity index (χ0n) is 30.3. The Kier molecular flexibility index (Phi) is 7.36. The molecule has 4 nitrogen and oxygen atoms in total. The van der Waals surface area contributed by atoms with Gasteiger partial charge in [0.05, 0.1) is 5.41 Å². The summed E-state index contributed by atoms with van der Waals surface area (Å²) in [4.78, 5) is 15.3. The molecule has 0 radical (unpaired) electrons. The van der Waals surface area contributed by atoms with Crippen molar-refractivity contribution in [2.24, 2.45) is 0 Å². The molecule has 0 saturated carbocycles. The van der Waals surface area contributed by atoms with E-state index in [1.54, 1.807) is 0 Å². The van der Waals surface area contributed by atoms with E-state index >= 15 is 0 Å². The second kappa shape index (κ2) is 12.9. The summed E-state index contributed by atoms with van der Waals surface area (Å²) in [5.41, 5.74) is 13.8. The highest BCUT2D eigenvalue weighted by molar-refractivity contribution is 5.90. The normalized spacial score (nSPS) is 12.9. The summed E-state index contributed by atoms with van der Waals surface area (Å²) in [6.45, 7) is 0. The van der Waals surface area contributed by atoms with Crippen LogP contribution in [0.5, 0.6) is 11.5 Å². The van der Waals surface area contributed by atoms with E-state index in [-0.39, 0.29) is 0 Å². The molecule has 56 heavy (non-hydrogen) atoms. The van der Waals surface area contributed by atoms with Gasteiger partial charge in [-0.15, -0.1) is 0 Å². The Hall–Kier alpha value is -7.43. The van der Waals surface area contributed by atoms with Crippen LogP contribution in [0.3, 0.4) is 0 Å². The van der Waals surface area contributed by atoms with E-state index in [0.29, 0.717) is 17.5 Å². The molecule has 1 aromatic heterocycles. The van der Waals surface area contributed by atoms with E-state index in [2.05, 4.69) is 164 Å². The van der Waals surface area contributed by atoms with E-state index in [1.807, 2.05) is 36.4 Å². The standard InChI is InChI=1S/C52H33N3O/c1-3-16-34(17-4-1)36-20-13-22-38(32-36)50-53-49(35-18-5-2-6-19-35)54-51(55-50)39-23-14-21-37(33-39)40-26-15-30-46-48(40)56-47-31-12-11-29-45(47)52(46)43-27-9-7-24-41(43)42-25-8-10-28-44(42)52/h1-33H. The van der Waals surface area contributed by atoms with Gasteiger partial charge in [-0.05, 0) is 57.1 Å². The van der Waals surface area contributed by atoms with Crippen molar-refractivity contribution in [2.75, 3.05) is 0 Å². The second-order valence-corrected chi connectivity index (χ2v) is 14.3. The van der Waals surface area contributed by atoms with E-state index < -0.39 is 5.41 Å². The van der Waals surface area contributed by atoms with Crippen molar-refractivity contribution in [3.63, 3.8) is 0 Å². The van der Waals surface area contributed by atoms with Gasteiger partial charge in [-0.1, -0.05) is 182 Å². The van der Waals surface area contributed by atoms with Crippen LogP contribution in [0.1, 0.15) is 22.3 Å². The Morgan fingerprint density at radius 2 is 0.732 bits per heavy atom. The SMILES string of the molecule is c1ccc(-c2cccc(-c3nc(-c4ccccc4)nc(-c4cccc(-c5cccc6c5Oc5ccccc5C65c6ccccc6-c6ccccc65)c4)n3)c2)cc1. The van der Waals surface area contributed by atoms with Crippen molar-refractivity contribution in [3.05, 3.63) is 222 Å². The average Bonchev–Trinajstić information content (AvgIpc) is 3.57. The van der Waals surface area contributed by atoms with Gasteiger partial charge in [-0.2, -0.15) is 0 Å². The molecular formula is C52H33N3O. The molecule has 0 unspecified atom stereocenters. The van der Waals surface area contributed by atoms with Gasteiger partial charge in [0.1, 0.15) is 11.5 Å². The molecule has 2 heterocycles. The topological polar surface area (TPSA) is 47.9 Å². The highest BCUT2D eigenvalue weighted by Crippen LogP contribution is 2.63. The van der Waals surface area contributed by atoms with Gasteiger partial charge in [0, 0.05) is 33.4 Å². The van der Waals surface area contributed by atoms with Gasteiger partial charge in [-0.25, -0.2) is 15.0 Å². The highest BCUT2D eigenvalue weighted by atomic mass is 16.5. The summed E-state index contributed by atoms with van der Waals surface area (Å²) in [7, 11) is 0. The number of ether oxygens (including phenoxy) is 1. The summed E-state index contributed by atoms with van der Waals surface area (Å²) in [6.07, 6.45) is 0. The van der Waals surface area contributed by atoms with Gasteiger partial charge in [0.2, 0.25) is 0 Å². The first-order valence-electron chi connectivity index (χ1n) is 18.9. The van der Waals surface area contributed by atoms with Crippen LogP contribution in [-0.2, 0) is 5.41 Å². The molecule has 0 bridgehead atoms. The number of rotatable bonds is 5. The molecular weight excluding hydrogens is 683 g/mol. The third-order valence-electron chi connectivity index (χ3n) is 11.2. The van der Waals surface area contributed by atoms with Crippen molar-refractivity contribution in [1.82, 2.24) is 15.0 Å². The number of benzene rings is 8. The minimum atomic E-state index is -0.535. The summed E-state index contributed by atoms with van der Waals surface area (Å²) < 4.78 is 6.99. The fraction of sp³-hybridized carbons (Fsp3) is 0.0192. The van der Waals surface area contributed by atoms with Crippen LogP contribution in [0, 0.1) is 0 Å². The summed E-state index contributed by atoms with van der Waals surface area (Å²) in [6, 6.07) is 70.1. The predicted octanol–water partition coefficient (Wildman–Crippen LogP) is 12.7. The average molecular weight is 716 g/mol. The maximum Gasteiger partial charge on any atom is 0.164 e. The third-order valence-corrected chi connectivity index (χ3v) is 11.2. The zero-order valence-corrected chi connectivity index (χ0v) is 30.3. The molecule has 11 rings (SSSR count). The number of fused-ring (bicyclic) bond motifs is 9. The van der Waals surface area contributed by atoms with E-state index in [9.17, 15) is 0 Å². The molecule has 1 spiro atoms. The molecule has 9 aromatic rings. The zero-order chi connectivity index (χ0) is 37.1. The van der Waals surface area contributed by atoms with Crippen LogP contribution in [0.4, 0.5) is 0 Å². The lowest BCUT2D eigenvalue weighted by atomic mass is 9.65. The summed E-state index contributed by atoms with van der Waals surface area (Å²) >= 11 is 0. The fourth-order valence-corrected chi connectivity index (χ4v) is 8.75. The Morgan fingerprint density at radius 3 is 1.39 bits per heavy atom. The lowest BCUT2D eigenvalue weighted by Gasteiger charge is -2.40. The smallest absolute Gasteiger partial charge is 0.164 e. The minimum Gasteiger partial charge on any atom is -0.456 e. The highest BCUT2D eigenvalue weighted by Gasteiger charge is 2.51. The van der Waals surface area contributed by atoms with Crippen LogP contribution in [-0.4, -0.2) is 15.0 Å². The van der Waals surface area contributed by atoms with Crippen molar-refractivity contribution < 1.29 is 4.74 Å². The van der Waals surface area contributed by atoms with Crippen LogP contribution in [0.25, 0.3) is 67.5 Å². The van der Waals surface area contributed by atoms with Crippen molar-refractivity contribution in [2.45, 2.75) is 5.41 Å². The quantitative estimate of drug-likeness (QED) is 0.178. The molecule has 1 aliphatic heterocycles. The second-order valence-electron chi connectivity index (χ2n) is 14.3. The number of hydrogen-bond acceptors (Lipinski definition) is 4. The van der Waals surface area contributed by atoms with Crippen molar-refractivity contribution in [3.8, 4) is 79.0 Å². The first-order chi connectivity index (χ1) is 27.8. The van der Waals surface area contributed by atoms with Crippen LogP contribution >= 0.6 is 0 Å². The number of para-hydroxylation sites is 2. The fourth-order valence-electron chi connectivity index (χ4n) is 8.75. The van der Waals surface area contributed by atoms with Gasteiger partial charge in [0.15, 0.2) is 17.5 Å². The summed E-state index contributed by atoms with van der Waals surface area (Å²) in [5.74, 6) is 3.57. The van der Waals surface area contributed by atoms with Crippen molar-refractivity contribution in [1.29, 1.82) is 0 Å². The molecule has 262 valence electrons. The maximum atomic E-state index is 6.99. The number of hydrogen-bond donors (Lipinski definition) is 0. The predicted molar refractivity (Wildman–Crippen MR) is 224 cm³/mol. The maximum absolute atomic E-state index is 6.99. The van der Waals surface area contributed by atoms with Crippen LogP contribution in [0.15, 0.2) is 200 Å². The molecule has 0 N–H and O–H groups in total. The largest absolute Gasteiger partial charge is 0.456 e. The molecule has 0 fully saturated rings. The molecule has 0 atom stereocenters. The Labute approximate surface area is 325 Å².